The average Bonchev–Trinajstić information content (AvgIpc) is 2.53. The van der Waals surface area contributed by atoms with E-state index in [1.165, 1.54) is 0 Å². The second kappa shape index (κ2) is 3.78. The molecule has 2 fully saturated rings. The van der Waals surface area contributed by atoms with Gasteiger partial charge in [0.05, 0.1) is 24.3 Å². The van der Waals surface area contributed by atoms with Gasteiger partial charge in [-0.15, -0.1) is 0 Å². The van der Waals surface area contributed by atoms with Crippen LogP contribution in [0.25, 0.3) is 0 Å². The maximum atomic E-state index is 6.21. The van der Waals surface area contributed by atoms with Crippen molar-refractivity contribution in [2.45, 2.75) is 51.8 Å². The Kier molecular flexibility index (Phi) is 2.89. The van der Waals surface area contributed by atoms with Crippen molar-refractivity contribution >= 4 is 7.85 Å². The van der Waals surface area contributed by atoms with Gasteiger partial charge in [0.2, 0.25) is 0 Å². The van der Waals surface area contributed by atoms with Crippen LogP contribution < -0.4 is 0 Å². The first kappa shape index (κ1) is 11.5. The minimum atomic E-state index is 0.0203. The van der Waals surface area contributed by atoms with Gasteiger partial charge in [0, 0.05) is 5.92 Å². The van der Waals surface area contributed by atoms with E-state index in [9.17, 15) is 0 Å². The molecule has 0 amide bonds. The molecule has 2 heterocycles. The molecular weight excluding hydrogens is 187 g/mol. The SMILES string of the molecule is B[C@H]1OC2(CC(C)C)COC1[C@H]2C(C)C. The molecule has 3 heteroatoms. The van der Waals surface area contributed by atoms with Gasteiger partial charge in [-0.25, -0.2) is 0 Å². The summed E-state index contributed by atoms with van der Waals surface area (Å²) in [6, 6.07) is 0.282. The van der Waals surface area contributed by atoms with E-state index in [1.54, 1.807) is 0 Å². The first-order valence-corrected chi connectivity index (χ1v) is 6.25. The molecule has 2 saturated heterocycles. The van der Waals surface area contributed by atoms with Gasteiger partial charge in [0.1, 0.15) is 7.85 Å². The zero-order valence-electron chi connectivity index (χ0n) is 10.6. The van der Waals surface area contributed by atoms with Gasteiger partial charge in [0.15, 0.2) is 0 Å². The molecule has 2 aliphatic rings. The molecule has 2 unspecified atom stereocenters. The van der Waals surface area contributed by atoms with E-state index in [0.29, 0.717) is 23.9 Å². The summed E-state index contributed by atoms with van der Waals surface area (Å²) >= 11 is 0. The molecule has 0 aromatic carbocycles. The van der Waals surface area contributed by atoms with Crippen LogP contribution in [0.15, 0.2) is 0 Å². The number of fused-ring (bicyclic) bond motifs is 2. The summed E-state index contributed by atoms with van der Waals surface area (Å²) in [5, 5.41) is 0. The summed E-state index contributed by atoms with van der Waals surface area (Å²) in [6.45, 7) is 9.94. The van der Waals surface area contributed by atoms with E-state index in [2.05, 4.69) is 35.5 Å². The van der Waals surface area contributed by atoms with Crippen molar-refractivity contribution < 1.29 is 9.47 Å². The van der Waals surface area contributed by atoms with Crippen molar-refractivity contribution in [1.29, 1.82) is 0 Å². The molecule has 0 aliphatic carbocycles. The van der Waals surface area contributed by atoms with E-state index >= 15 is 0 Å². The van der Waals surface area contributed by atoms with Crippen molar-refractivity contribution in [3.8, 4) is 0 Å². The molecule has 0 spiro atoms. The van der Waals surface area contributed by atoms with E-state index in [-0.39, 0.29) is 11.6 Å². The minimum absolute atomic E-state index is 0.0203. The van der Waals surface area contributed by atoms with Crippen LogP contribution in [0.5, 0.6) is 0 Å². The number of ether oxygens (including phenoxy) is 2. The molecule has 2 aliphatic heterocycles. The van der Waals surface area contributed by atoms with Gasteiger partial charge in [-0.2, -0.15) is 0 Å². The lowest BCUT2D eigenvalue weighted by molar-refractivity contribution is -0.122. The topological polar surface area (TPSA) is 18.5 Å². The summed E-state index contributed by atoms with van der Waals surface area (Å²) in [7, 11) is 2.15. The van der Waals surface area contributed by atoms with Gasteiger partial charge in [-0.05, 0) is 18.3 Å². The van der Waals surface area contributed by atoms with E-state index in [1.807, 2.05) is 0 Å². The largest absolute Gasteiger partial charge is 0.375 e. The first-order valence-electron chi connectivity index (χ1n) is 6.25. The standard InChI is InChI=1S/C12H23BO2/c1-7(2)5-12-6-14-10(11(13)15-12)9(12)8(3)4/h7-11H,5-6,13H2,1-4H3/t9-,10?,11+,12?/m1/s1. The molecule has 0 radical (unpaired) electrons. The van der Waals surface area contributed by atoms with E-state index in [4.69, 9.17) is 9.47 Å². The average molecular weight is 210 g/mol. The van der Waals surface area contributed by atoms with Crippen molar-refractivity contribution in [3.05, 3.63) is 0 Å². The lowest BCUT2D eigenvalue weighted by atomic mass is 9.74. The minimum Gasteiger partial charge on any atom is -0.375 e. The lowest BCUT2D eigenvalue weighted by Gasteiger charge is -2.34. The first-order chi connectivity index (χ1) is 6.96. The van der Waals surface area contributed by atoms with Crippen LogP contribution >= 0.6 is 0 Å². The summed E-state index contributed by atoms with van der Waals surface area (Å²) in [5.41, 5.74) is 0.0203. The Bertz CT molecular complexity index is 242. The Morgan fingerprint density at radius 3 is 2.47 bits per heavy atom. The van der Waals surface area contributed by atoms with Gasteiger partial charge >= 0.3 is 0 Å². The van der Waals surface area contributed by atoms with Crippen LogP contribution in [-0.2, 0) is 9.47 Å². The van der Waals surface area contributed by atoms with E-state index in [0.717, 1.165) is 13.0 Å². The quantitative estimate of drug-likeness (QED) is 0.656. The molecule has 2 bridgehead atoms. The Morgan fingerprint density at radius 1 is 1.33 bits per heavy atom. The van der Waals surface area contributed by atoms with Gasteiger partial charge in [-0.1, -0.05) is 27.7 Å². The molecule has 4 atom stereocenters. The summed E-state index contributed by atoms with van der Waals surface area (Å²) in [4.78, 5) is 0. The molecule has 2 rings (SSSR count). The van der Waals surface area contributed by atoms with Crippen molar-refractivity contribution in [1.82, 2.24) is 0 Å². The predicted octanol–water partition coefficient (Wildman–Crippen LogP) is 1.43. The fourth-order valence-corrected chi connectivity index (χ4v) is 3.63. The monoisotopic (exact) mass is 210 g/mol. The second-order valence-corrected chi connectivity index (χ2v) is 6.03. The zero-order chi connectivity index (χ0) is 11.2. The Labute approximate surface area is 94.1 Å². The van der Waals surface area contributed by atoms with Crippen LogP contribution in [-0.4, -0.2) is 32.2 Å². The summed E-state index contributed by atoms with van der Waals surface area (Å²) < 4.78 is 12.1. The van der Waals surface area contributed by atoms with Crippen LogP contribution in [0.1, 0.15) is 34.1 Å². The lowest BCUT2D eigenvalue weighted by Crippen LogP contribution is -2.41. The van der Waals surface area contributed by atoms with Crippen molar-refractivity contribution in [3.63, 3.8) is 0 Å². The highest BCUT2D eigenvalue weighted by Crippen LogP contribution is 2.50. The summed E-state index contributed by atoms with van der Waals surface area (Å²) in [6.07, 6.45) is 1.47. The second-order valence-electron chi connectivity index (χ2n) is 6.03. The maximum Gasteiger partial charge on any atom is 0.142 e. The zero-order valence-corrected chi connectivity index (χ0v) is 10.6. The molecule has 0 aromatic rings. The fraction of sp³-hybridized carbons (Fsp3) is 1.00. The van der Waals surface area contributed by atoms with Gasteiger partial charge < -0.3 is 9.47 Å². The smallest absolute Gasteiger partial charge is 0.142 e. The maximum absolute atomic E-state index is 6.21. The molecule has 0 N–H and O–H groups in total. The predicted molar refractivity (Wildman–Crippen MR) is 63.7 cm³/mol. The molecule has 86 valence electrons. The Balaban J connectivity index is 2.21. The highest BCUT2D eigenvalue weighted by Gasteiger charge is 2.60. The van der Waals surface area contributed by atoms with Crippen LogP contribution in [0.2, 0.25) is 0 Å². The highest BCUT2D eigenvalue weighted by molar-refractivity contribution is 6.11. The summed E-state index contributed by atoms with van der Waals surface area (Å²) in [5.74, 6) is 1.93. The highest BCUT2D eigenvalue weighted by atomic mass is 16.6. The molecule has 0 aromatic heterocycles. The third-order valence-corrected chi connectivity index (χ3v) is 3.84. The Hall–Kier alpha value is -0.0151. The number of hydrogen-bond donors (Lipinski definition) is 0. The van der Waals surface area contributed by atoms with Crippen molar-refractivity contribution in [2.75, 3.05) is 6.61 Å². The fourth-order valence-electron chi connectivity index (χ4n) is 3.63. The van der Waals surface area contributed by atoms with Crippen LogP contribution in [0, 0.1) is 17.8 Å². The van der Waals surface area contributed by atoms with Gasteiger partial charge in [-0.3, -0.25) is 0 Å². The third kappa shape index (κ3) is 1.74. The van der Waals surface area contributed by atoms with Gasteiger partial charge in [0.25, 0.3) is 0 Å². The molecular formula is C12H23BO2. The number of hydrogen-bond acceptors (Lipinski definition) is 2. The Morgan fingerprint density at radius 2 is 2.00 bits per heavy atom. The van der Waals surface area contributed by atoms with Crippen molar-refractivity contribution in [2.24, 2.45) is 17.8 Å². The van der Waals surface area contributed by atoms with E-state index < -0.39 is 0 Å². The molecule has 15 heavy (non-hydrogen) atoms. The third-order valence-electron chi connectivity index (χ3n) is 3.84. The normalized spacial score (nSPS) is 44.5. The molecule has 2 nitrogen and oxygen atoms in total. The molecule has 0 saturated carbocycles. The van der Waals surface area contributed by atoms with Crippen LogP contribution in [0.3, 0.4) is 0 Å². The van der Waals surface area contributed by atoms with Crippen LogP contribution in [0.4, 0.5) is 0 Å². The number of rotatable bonds is 3.